The molecule has 2 aliphatic heterocycles. The van der Waals surface area contributed by atoms with Crippen LogP contribution in [0.25, 0.3) is 5.76 Å². The zero-order valence-corrected chi connectivity index (χ0v) is 21.9. The van der Waals surface area contributed by atoms with E-state index in [4.69, 9.17) is 9.47 Å². The quantitative estimate of drug-likeness (QED) is 0.169. The van der Waals surface area contributed by atoms with Crippen LogP contribution < -0.4 is 9.47 Å². The van der Waals surface area contributed by atoms with Crippen molar-refractivity contribution in [1.29, 1.82) is 0 Å². The van der Waals surface area contributed by atoms with Gasteiger partial charge in [0.25, 0.3) is 11.7 Å². The van der Waals surface area contributed by atoms with Gasteiger partial charge in [0.2, 0.25) is 0 Å². The molecule has 1 saturated heterocycles. The maximum Gasteiger partial charge on any atom is 0.295 e. The number of carbonyl (C=O) groups is 2. The van der Waals surface area contributed by atoms with Gasteiger partial charge in [0.15, 0.2) is 0 Å². The van der Waals surface area contributed by atoms with Crippen LogP contribution in [0.2, 0.25) is 0 Å². The van der Waals surface area contributed by atoms with Gasteiger partial charge in [-0.05, 0) is 66.8 Å². The van der Waals surface area contributed by atoms with Crippen LogP contribution in [0.3, 0.4) is 0 Å². The van der Waals surface area contributed by atoms with Gasteiger partial charge in [0, 0.05) is 18.5 Å². The van der Waals surface area contributed by atoms with Crippen molar-refractivity contribution in [2.75, 3.05) is 13.2 Å². The predicted octanol–water partition coefficient (Wildman–Crippen LogP) is 5.85. The maximum atomic E-state index is 13.4. The summed E-state index contributed by atoms with van der Waals surface area (Å²) in [7, 11) is 0. The number of likely N-dealkylation sites (tertiary alicyclic amines) is 1. The molecular weight excluding hydrogens is 478 g/mol. The molecule has 0 aliphatic carbocycles. The molecule has 0 radical (unpaired) electrons. The number of ketones is 1. The Morgan fingerprint density at radius 1 is 1.05 bits per heavy atom. The summed E-state index contributed by atoms with van der Waals surface area (Å²) in [5.74, 6) is 0.000193. The number of amides is 1. The van der Waals surface area contributed by atoms with E-state index < -0.39 is 17.7 Å². The van der Waals surface area contributed by atoms with Crippen LogP contribution in [0.5, 0.6) is 11.5 Å². The monoisotopic (exact) mass is 511 g/mol. The van der Waals surface area contributed by atoms with E-state index in [1.54, 1.807) is 11.0 Å². The molecular formula is C32H33NO5. The Balaban J connectivity index is 1.55. The number of fused-ring (bicyclic) bond motifs is 1. The number of rotatable bonds is 9. The molecule has 2 unspecified atom stereocenters. The number of unbranched alkanes of at least 4 members (excludes halogenated alkanes) is 1. The molecule has 6 nitrogen and oxygen atoms in total. The summed E-state index contributed by atoms with van der Waals surface area (Å²) in [5.41, 5.74) is 3.37. The molecule has 38 heavy (non-hydrogen) atoms. The normalized spacial score (nSPS) is 19.9. The Morgan fingerprint density at radius 3 is 2.66 bits per heavy atom. The molecule has 1 N–H and O–H groups in total. The molecule has 196 valence electrons. The van der Waals surface area contributed by atoms with E-state index >= 15 is 0 Å². The van der Waals surface area contributed by atoms with Gasteiger partial charge in [-0.25, -0.2) is 0 Å². The number of hydrogen-bond acceptors (Lipinski definition) is 5. The fourth-order valence-corrected chi connectivity index (χ4v) is 5.19. The van der Waals surface area contributed by atoms with Crippen molar-refractivity contribution in [3.8, 4) is 11.5 Å². The summed E-state index contributed by atoms with van der Waals surface area (Å²) in [6.07, 6.45) is 3.32. The van der Waals surface area contributed by atoms with E-state index in [1.807, 2.05) is 73.7 Å². The Hall–Kier alpha value is -4.06. The molecule has 3 aromatic rings. The smallest absolute Gasteiger partial charge is 0.295 e. The molecule has 3 aromatic carbocycles. The molecule has 0 aromatic heterocycles. The van der Waals surface area contributed by atoms with E-state index in [-0.39, 0.29) is 17.4 Å². The van der Waals surface area contributed by atoms with Gasteiger partial charge >= 0.3 is 0 Å². The van der Waals surface area contributed by atoms with Gasteiger partial charge in [0.05, 0.1) is 18.2 Å². The van der Waals surface area contributed by atoms with Crippen molar-refractivity contribution in [1.82, 2.24) is 4.90 Å². The highest BCUT2D eigenvalue weighted by atomic mass is 16.5. The largest absolute Gasteiger partial charge is 0.507 e. The number of nitrogens with zero attached hydrogens (tertiary/aromatic N) is 1. The van der Waals surface area contributed by atoms with Crippen LogP contribution >= 0.6 is 0 Å². The highest BCUT2D eigenvalue weighted by Crippen LogP contribution is 2.41. The SMILES string of the molecule is CCCCOc1cccc(C2C(=C(O)c3ccc4c(c3)CC(C)O4)C(=O)C(=O)N2CCc2ccccc2)c1. The second kappa shape index (κ2) is 11.1. The minimum atomic E-state index is -0.725. The highest BCUT2D eigenvalue weighted by Gasteiger charge is 2.46. The number of aliphatic hydroxyl groups excluding tert-OH is 1. The maximum absolute atomic E-state index is 13.4. The Bertz CT molecular complexity index is 1360. The first-order valence-corrected chi connectivity index (χ1v) is 13.3. The van der Waals surface area contributed by atoms with Crippen molar-refractivity contribution in [3.63, 3.8) is 0 Å². The molecule has 2 atom stereocenters. The van der Waals surface area contributed by atoms with Crippen LogP contribution in [-0.4, -0.2) is 41.0 Å². The van der Waals surface area contributed by atoms with Gasteiger partial charge in [-0.3, -0.25) is 9.59 Å². The first kappa shape index (κ1) is 25.6. The van der Waals surface area contributed by atoms with Crippen LogP contribution in [0, 0.1) is 0 Å². The minimum absolute atomic E-state index is 0.0569. The molecule has 0 saturated carbocycles. The lowest BCUT2D eigenvalue weighted by Gasteiger charge is -2.26. The Labute approximate surface area is 223 Å². The third kappa shape index (κ3) is 5.17. The van der Waals surface area contributed by atoms with Crippen molar-refractivity contribution in [2.24, 2.45) is 0 Å². The third-order valence-electron chi connectivity index (χ3n) is 7.13. The third-order valence-corrected chi connectivity index (χ3v) is 7.13. The molecule has 1 fully saturated rings. The summed E-state index contributed by atoms with van der Waals surface area (Å²) in [5, 5.41) is 11.5. The number of Topliss-reactive ketones (excluding diaryl/α,β-unsaturated/α-hetero) is 1. The molecule has 2 heterocycles. The predicted molar refractivity (Wildman–Crippen MR) is 146 cm³/mol. The second-order valence-electron chi connectivity index (χ2n) is 9.96. The zero-order chi connectivity index (χ0) is 26.6. The van der Waals surface area contributed by atoms with E-state index in [0.717, 1.165) is 41.7 Å². The summed E-state index contributed by atoms with van der Waals surface area (Å²) in [6.45, 7) is 5.02. The number of hydrogen-bond donors (Lipinski definition) is 1. The van der Waals surface area contributed by atoms with Crippen LogP contribution in [0.1, 0.15) is 55.0 Å². The van der Waals surface area contributed by atoms with Crippen LogP contribution in [0.15, 0.2) is 78.4 Å². The summed E-state index contributed by atoms with van der Waals surface area (Å²) in [4.78, 5) is 28.4. The average Bonchev–Trinajstić information content (AvgIpc) is 3.43. The molecule has 6 heteroatoms. The molecule has 0 spiro atoms. The molecule has 2 aliphatic rings. The van der Waals surface area contributed by atoms with Gasteiger partial charge < -0.3 is 19.5 Å². The van der Waals surface area contributed by atoms with E-state index in [9.17, 15) is 14.7 Å². The fourth-order valence-electron chi connectivity index (χ4n) is 5.19. The first-order valence-electron chi connectivity index (χ1n) is 13.3. The zero-order valence-electron chi connectivity index (χ0n) is 21.9. The summed E-state index contributed by atoms with van der Waals surface area (Å²) >= 11 is 0. The van der Waals surface area contributed by atoms with Crippen molar-refractivity contribution >= 4 is 17.4 Å². The Morgan fingerprint density at radius 2 is 1.87 bits per heavy atom. The van der Waals surface area contributed by atoms with Gasteiger partial charge in [0.1, 0.15) is 23.4 Å². The van der Waals surface area contributed by atoms with Gasteiger partial charge in [-0.15, -0.1) is 0 Å². The highest BCUT2D eigenvalue weighted by molar-refractivity contribution is 6.46. The summed E-state index contributed by atoms with van der Waals surface area (Å²) < 4.78 is 11.7. The topological polar surface area (TPSA) is 76.1 Å². The number of carbonyl (C=O) groups excluding carboxylic acids is 2. The van der Waals surface area contributed by atoms with Crippen molar-refractivity contribution in [2.45, 2.75) is 51.7 Å². The van der Waals surface area contributed by atoms with Crippen molar-refractivity contribution < 1.29 is 24.2 Å². The standard InChI is InChI=1S/C32H33NO5/c1-3-4-17-37-26-12-8-11-23(20-26)29-28(30(34)24-13-14-27-25(19-24)18-21(2)38-27)31(35)32(36)33(29)16-15-22-9-6-5-7-10-22/h5-14,19-21,29,34H,3-4,15-18H2,1-2H3. The van der Waals surface area contributed by atoms with Gasteiger partial charge in [-0.2, -0.15) is 0 Å². The minimum Gasteiger partial charge on any atom is -0.507 e. The van der Waals surface area contributed by atoms with Crippen LogP contribution in [0.4, 0.5) is 0 Å². The number of benzene rings is 3. The van der Waals surface area contributed by atoms with E-state index in [1.165, 1.54) is 0 Å². The van der Waals surface area contributed by atoms with Crippen LogP contribution in [-0.2, 0) is 22.4 Å². The second-order valence-corrected chi connectivity index (χ2v) is 9.96. The fraction of sp³-hybridized carbons (Fsp3) is 0.312. The van der Waals surface area contributed by atoms with Crippen molar-refractivity contribution in [3.05, 3.63) is 101 Å². The molecule has 0 bridgehead atoms. The van der Waals surface area contributed by atoms with Gasteiger partial charge in [-0.1, -0.05) is 55.8 Å². The van der Waals surface area contributed by atoms with E-state index in [2.05, 4.69) is 6.92 Å². The summed E-state index contributed by atoms with van der Waals surface area (Å²) in [6, 6.07) is 22.0. The number of aliphatic hydroxyl groups is 1. The molecule has 5 rings (SSSR count). The Kier molecular flexibility index (Phi) is 7.50. The lowest BCUT2D eigenvalue weighted by atomic mass is 9.94. The number of ether oxygens (including phenoxy) is 2. The first-order chi connectivity index (χ1) is 18.5. The van der Waals surface area contributed by atoms with E-state index in [0.29, 0.717) is 30.9 Å². The lowest BCUT2D eigenvalue weighted by Crippen LogP contribution is -2.31. The molecule has 1 amide bonds. The average molecular weight is 512 g/mol. The lowest BCUT2D eigenvalue weighted by molar-refractivity contribution is -0.139.